The van der Waals surface area contributed by atoms with E-state index in [-0.39, 0.29) is 11.7 Å². The molecule has 3 heteroatoms. The lowest BCUT2D eigenvalue weighted by molar-refractivity contribution is -0.126. The van der Waals surface area contributed by atoms with Gasteiger partial charge in [0.25, 0.3) is 0 Å². The normalized spacial score (nSPS) is 45.6. The van der Waals surface area contributed by atoms with Crippen LogP contribution in [0.5, 0.6) is 5.75 Å². The van der Waals surface area contributed by atoms with E-state index >= 15 is 0 Å². The average molecular weight is 307 g/mol. The first-order chi connectivity index (χ1) is 11.2. The molecular weight excluding hydrogens is 286 g/mol. The summed E-state index contributed by atoms with van der Waals surface area (Å²) in [7, 11) is 0. The Kier molecular flexibility index (Phi) is 2.10. The highest BCUT2D eigenvalue weighted by Gasteiger charge is 2.73. The van der Waals surface area contributed by atoms with Crippen LogP contribution in [0.3, 0.4) is 0 Å². The fourth-order valence-corrected chi connectivity index (χ4v) is 7.21. The number of benzene rings is 1. The molecular formula is C20H21NO2. The van der Waals surface area contributed by atoms with Gasteiger partial charge in [0, 0.05) is 18.2 Å². The molecule has 1 spiro atoms. The lowest BCUT2D eigenvalue weighted by Gasteiger charge is -2.40. The van der Waals surface area contributed by atoms with Gasteiger partial charge in [0.15, 0.2) is 0 Å². The van der Waals surface area contributed by atoms with Crippen molar-refractivity contribution in [3.63, 3.8) is 0 Å². The monoisotopic (exact) mass is 307 g/mol. The summed E-state index contributed by atoms with van der Waals surface area (Å²) in [6.07, 6.45) is 7.55. The number of amides is 1. The van der Waals surface area contributed by atoms with Crippen molar-refractivity contribution in [3.05, 3.63) is 35.9 Å². The molecule has 23 heavy (non-hydrogen) atoms. The van der Waals surface area contributed by atoms with Crippen LogP contribution in [0.15, 0.2) is 35.9 Å². The number of fused-ring (bicyclic) bond motifs is 5. The largest absolute Gasteiger partial charge is 0.508 e. The second kappa shape index (κ2) is 3.82. The van der Waals surface area contributed by atoms with Gasteiger partial charge in [-0.25, -0.2) is 0 Å². The standard InChI is InChI=1S/C20H21NO2/c22-13-4-2-12(3-5-13)21-10-16-15-9-20(18(16)19(21)23)8-11-1-6-14(15)17(20)7-11/h1-5,14-18,22H,6-10H2. The summed E-state index contributed by atoms with van der Waals surface area (Å²) in [6, 6.07) is 7.15. The zero-order chi connectivity index (χ0) is 15.3. The Morgan fingerprint density at radius 2 is 1.96 bits per heavy atom. The van der Waals surface area contributed by atoms with Crippen molar-refractivity contribution in [1.29, 1.82) is 0 Å². The third-order valence-corrected chi connectivity index (χ3v) is 7.82. The summed E-state index contributed by atoms with van der Waals surface area (Å²) in [5.41, 5.74) is 2.89. The van der Waals surface area contributed by atoms with Crippen LogP contribution in [0.2, 0.25) is 0 Å². The van der Waals surface area contributed by atoms with E-state index in [9.17, 15) is 9.90 Å². The van der Waals surface area contributed by atoms with Gasteiger partial charge in [-0.15, -0.1) is 0 Å². The molecule has 3 nitrogen and oxygen atoms in total. The first-order valence-electron chi connectivity index (χ1n) is 8.96. The third kappa shape index (κ3) is 1.33. The molecule has 4 fully saturated rings. The van der Waals surface area contributed by atoms with Crippen LogP contribution >= 0.6 is 0 Å². The Balaban J connectivity index is 1.42. The molecule has 4 aliphatic carbocycles. The number of rotatable bonds is 1. The number of aromatic hydroxyl groups is 1. The number of carbonyl (C=O) groups is 1. The third-order valence-electron chi connectivity index (χ3n) is 7.82. The topological polar surface area (TPSA) is 40.5 Å². The maximum absolute atomic E-state index is 13.3. The van der Waals surface area contributed by atoms with Gasteiger partial charge in [-0.05, 0) is 79.0 Å². The van der Waals surface area contributed by atoms with Crippen LogP contribution in [0.1, 0.15) is 25.7 Å². The molecule has 6 rings (SSSR count). The molecule has 3 saturated carbocycles. The van der Waals surface area contributed by atoms with Gasteiger partial charge in [-0.1, -0.05) is 11.6 Å². The van der Waals surface area contributed by atoms with Gasteiger partial charge >= 0.3 is 0 Å². The van der Waals surface area contributed by atoms with Crippen LogP contribution in [-0.2, 0) is 4.79 Å². The van der Waals surface area contributed by atoms with Crippen molar-refractivity contribution in [2.75, 3.05) is 11.4 Å². The zero-order valence-electron chi connectivity index (χ0n) is 13.1. The van der Waals surface area contributed by atoms with E-state index in [0.29, 0.717) is 17.2 Å². The van der Waals surface area contributed by atoms with Crippen molar-refractivity contribution in [3.8, 4) is 5.75 Å². The van der Waals surface area contributed by atoms with E-state index < -0.39 is 0 Å². The number of phenolic OH excluding ortho intramolecular Hbond substituents is 1. The minimum atomic E-state index is 0.256. The zero-order valence-corrected chi connectivity index (χ0v) is 13.1. The van der Waals surface area contributed by atoms with Crippen LogP contribution in [0, 0.1) is 35.0 Å². The van der Waals surface area contributed by atoms with Gasteiger partial charge in [0.1, 0.15) is 5.75 Å². The summed E-state index contributed by atoms with van der Waals surface area (Å²) >= 11 is 0. The number of allylic oxidation sites excluding steroid dienone is 2. The number of hydrogen-bond acceptors (Lipinski definition) is 2. The second-order valence-corrected chi connectivity index (χ2v) is 8.46. The van der Waals surface area contributed by atoms with E-state index in [0.717, 1.165) is 30.0 Å². The molecule has 6 atom stereocenters. The van der Waals surface area contributed by atoms with Gasteiger partial charge in [0.05, 0.1) is 0 Å². The van der Waals surface area contributed by atoms with Gasteiger partial charge in [-0.2, -0.15) is 0 Å². The first-order valence-corrected chi connectivity index (χ1v) is 8.96. The molecule has 1 aliphatic heterocycles. The van der Waals surface area contributed by atoms with Crippen molar-refractivity contribution in [2.24, 2.45) is 35.0 Å². The molecule has 1 saturated heterocycles. The molecule has 4 bridgehead atoms. The minimum Gasteiger partial charge on any atom is -0.508 e. The maximum Gasteiger partial charge on any atom is 0.231 e. The van der Waals surface area contributed by atoms with Gasteiger partial charge in [-0.3, -0.25) is 4.79 Å². The van der Waals surface area contributed by atoms with E-state index in [2.05, 4.69) is 6.08 Å². The predicted octanol–water partition coefficient (Wildman–Crippen LogP) is 3.35. The van der Waals surface area contributed by atoms with E-state index in [4.69, 9.17) is 0 Å². The van der Waals surface area contributed by atoms with Crippen molar-refractivity contribution >= 4 is 11.6 Å². The van der Waals surface area contributed by atoms with Gasteiger partial charge < -0.3 is 10.0 Å². The molecule has 5 aliphatic rings. The summed E-state index contributed by atoms with van der Waals surface area (Å²) in [5.74, 6) is 3.82. The second-order valence-electron chi connectivity index (χ2n) is 8.46. The molecule has 1 N–H and O–H groups in total. The quantitative estimate of drug-likeness (QED) is 0.808. The van der Waals surface area contributed by atoms with E-state index in [1.54, 1.807) is 17.7 Å². The highest BCUT2D eigenvalue weighted by atomic mass is 16.3. The number of hydrogen-bond donors (Lipinski definition) is 1. The highest BCUT2D eigenvalue weighted by molar-refractivity contribution is 5.99. The predicted molar refractivity (Wildman–Crippen MR) is 86.9 cm³/mol. The molecule has 1 amide bonds. The fraction of sp³-hybridized carbons (Fsp3) is 0.550. The lowest BCUT2D eigenvalue weighted by Crippen LogP contribution is -2.41. The van der Waals surface area contributed by atoms with Crippen molar-refractivity contribution in [1.82, 2.24) is 0 Å². The first kappa shape index (κ1) is 12.6. The fourth-order valence-electron chi connectivity index (χ4n) is 7.21. The molecule has 118 valence electrons. The Labute approximate surface area is 136 Å². The molecule has 1 heterocycles. The summed E-state index contributed by atoms with van der Waals surface area (Å²) < 4.78 is 0. The molecule has 0 aromatic heterocycles. The SMILES string of the molecule is O=C1C2C(CN1c1ccc(O)cc1)C1CC23CC2=CCC1C3C2. The molecule has 1 aromatic rings. The summed E-state index contributed by atoms with van der Waals surface area (Å²) in [6.45, 7) is 0.888. The van der Waals surface area contributed by atoms with Crippen molar-refractivity contribution in [2.45, 2.75) is 25.7 Å². The summed E-state index contributed by atoms with van der Waals surface area (Å²) in [4.78, 5) is 15.3. The van der Waals surface area contributed by atoms with E-state index in [1.807, 2.05) is 17.0 Å². The number of carbonyl (C=O) groups excluding carboxylic acids is 1. The molecule has 0 radical (unpaired) electrons. The molecule has 6 unspecified atom stereocenters. The number of anilines is 1. The molecule has 1 aromatic carbocycles. The Hall–Kier alpha value is -1.77. The smallest absolute Gasteiger partial charge is 0.231 e. The van der Waals surface area contributed by atoms with Crippen LogP contribution < -0.4 is 4.90 Å². The average Bonchev–Trinajstić information content (AvgIpc) is 3.21. The minimum absolute atomic E-state index is 0.256. The van der Waals surface area contributed by atoms with Crippen molar-refractivity contribution < 1.29 is 9.90 Å². The van der Waals surface area contributed by atoms with Crippen LogP contribution in [0.4, 0.5) is 5.69 Å². The summed E-state index contributed by atoms with van der Waals surface area (Å²) in [5, 5.41) is 9.50. The maximum atomic E-state index is 13.3. The van der Waals surface area contributed by atoms with Crippen LogP contribution in [-0.4, -0.2) is 17.6 Å². The Bertz CT molecular complexity index is 751. The number of nitrogens with zero attached hydrogens (tertiary/aromatic N) is 1. The highest BCUT2D eigenvalue weighted by Crippen LogP contribution is 2.76. The van der Waals surface area contributed by atoms with Crippen LogP contribution in [0.25, 0.3) is 0 Å². The Morgan fingerprint density at radius 1 is 1.13 bits per heavy atom. The Morgan fingerprint density at radius 3 is 2.78 bits per heavy atom. The number of phenols is 1. The lowest BCUT2D eigenvalue weighted by atomic mass is 9.62. The van der Waals surface area contributed by atoms with E-state index in [1.165, 1.54) is 25.7 Å². The van der Waals surface area contributed by atoms with Gasteiger partial charge in [0.2, 0.25) is 5.91 Å².